The van der Waals surface area contributed by atoms with Crippen LogP contribution in [0.15, 0.2) is 0 Å². The van der Waals surface area contributed by atoms with Crippen molar-refractivity contribution >= 4 is 17.8 Å². The topological polar surface area (TPSA) is 109 Å². The molecule has 5 unspecified atom stereocenters. The number of primary amides is 1. The summed E-state index contributed by atoms with van der Waals surface area (Å²) in [6, 6.07) is -1.19. The van der Waals surface area contributed by atoms with Gasteiger partial charge in [-0.25, -0.2) is 4.79 Å². The largest absolute Gasteiger partial charge is 0.480 e. The van der Waals surface area contributed by atoms with Crippen LogP contribution in [-0.2, 0) is 14.4 Å². The van der Waals surface area contributed by atoms with Crippen molar-refractivity contribution in [3.8, 4) is 0 Å². The van der Waals surface area contributed by atoms with E-state index in [1.54, 1.807) is 0 Å². The van der Waals surface area contributed by atoms with Crippen LogP contribution in [0.1, 0.15) is 25.7 Å². The Balaban J connectivity index is 1.60. The predicted octanol–water partition coefficient (Wildman–Crippen LogP) is -0.277. The minimum Gasteiger partial charge on any atom is -0.480 e. The SMILES string of the molecule is NC(=O)CC(NC(=O)C1C2C3CCC(C3)C12)C(=O)O. The summed E-state index contributed by atoms with van der Waals surface area (Å²) in [6.45, 7) is 0. The molecule has 3 saturated carbocycles. The molecule has 5 atom stereocenters. The predicted molar refractivity (Wildman–Crippen MR) is 64.7 cm³/mol. The number of hydrogen-bond acceptors (Lipinski definition) is 3. The van der Waals surface area contributed by atoms with Gasteiger partial charge in [0.2, 0.25) is 11.8 Å². The number of carboxylic acid groups (broad SMARTS) is 1. The Morgan fingerprint density at radius 3 is 2.26 bits per heavy atom. The zero-order chi connectivity index (χ0) is 13.7. The second-order valence-corrected chi connectivity index (χ2v) is 6.08. The molecule has 19 heavy (non-hydrogen) atoms. The molecule has 0 saturated heterocycles. The van der Waals surface area contributed by atoms with Crippen LogP contribution in [0.25, 0.3) is 0 Å². The number of rotatable bonds is 5. The molecule has 2 amide bonds. The fourth-order valence-electron chi connectivity index (χ4n) is 4.34. The van der Waals surface area contributed by atoms with Crippen LogP contribution >= 0.6 is 0 Å². The van der Waals surface area contributed by atoms with E-state index >= 15 is 0 Å². The molecule has 6 heteroatoms. The molecule has 0 aromatic heterocycles. The van der Waals surface area contributed by atoms with E-state index in [1.807, 2.05) is 0 Å². The summed E-state index contributed by atoms with van der Waals surface area (Å²) in [7, 11) is 0. The van der Waals surface area contributed by atoms with Gasteiger partial charge in [-0.2, -0.15) is 0 Å². The highest BCUT2D eigenvalue weighted by Gasteiger charge is 2.67. The first kappa shape index (κ1) is 12.4. The Kier molecular flexibility index (Phi) is 2.76. The number of fused-ring (bicyclic) bond motifs is 5. The van der Waals surface area contributed by atoms with Crippen molar-refractivity contribution in [3.63, 3.8) is 0 Å². The maximum Gasteiger partial charge on any atom is 0.326 e. The molecule has 3 fully saturated rings. The van der Waals surface area contributed by atoms with E-state index in [2.05, 4.69) is 5.32 Å². The first-order chi connectivity index (χ1) is 8.99. The van der Waals surface area contributed by atoms with E-state index in [1.165, 1.54) is 19.3 Å². The van der Waals surface area contributed by atoms with Crippen molar-refractivity contribution in [2.75, 3.05) is 0 Å². The number of aliphatic carboxylic acids is 1. The molecule has 3 aliphatic carbocycles. The van der Waals surface area contributed by atoms with Crippen LogP contribution in [0, 0.1) is 29.6 Å². The van der Waals surface area contributed by atoms with Gasteiger partial charge in [-0.3, -0.25) is 9.59 Å². The van der Waals surface area contributed by atoms with Gasteiger partial charge in [0, 0.05) is 5.92 Å². The van der Waals surface area contributed by atoms with Crippen LogP contribution in [0.5, 0.6) is 0 Å². The molecule has 0 radical (unpaired) electrons. The average molecular weight is 266 g/mol. The summed E-state index contributed by atoms with van der Waals surface area (Å²) >= 11 is 0. The van der Waals surface area contributed by atoms with Crippen molar-refractivity contribution in [1.82, 2.24) is 5.32 Å². The molecule has 6 nitrogen and oxygen atoms in total. The number of carbonyl (C=O) groups excluding carboxylic acids is 2. The van der Waals surface area contributed by atoms with Crippen LogP contribution < -0.4 is 11.1 Å². The van der Waals surface area contributed by atoms with E-state index < -0.39 is 17.9 Å². The molecule has 3 rings (SSSR count). The van der Waals surface area contributed by atoms with Gasteiger partial charge in [0.25, 0.3) is 0 Å². The molecule has 104 valence electrons. The lowest BCUT2D eigenvalue weighted by atomic mass is 10.0. The number of amides is 2. The molecular weight excluding hydrogens is 248 g/mol. The Morgan fingerprint density at radius 1 is 1.21 bits per heavy atom. The summed E-state index contributed by atoms with van der Waals surface area (Å²) in [5.74, 6) is 0.0739. The maximum atomic E-state index is 12.1. The fourth-order valence-corrected chi connectivity index (χ4v) is 4.34. The normalized spacial score (nSPS) is 39.5. The molecule has 0 spiro atoms. The average Bonchev–Trinajstić information content (AvgIpc) is 2.77. The number of nitrogens with one attached hydrogen (secondary N) is 1. The molecule has 0 heterocycles. The Bertz CT molecular complexity index is 434. The first-order valence-corrected chi connectivity index (χ1v) is 6.80. The fraction of sp³-hybridized carbons (Fsp3) is 0.769. The zero-order valence-corrected chi connectivity index (χ0v) is 10.5. The van der Waals surface area contributed by atoms with Crippen molar-refractivity contribution in [2.24, 2.45) is 35.3 Å². The van der Waals surface area contributed by atoms with Gasteiger partial charge in [-0.05, 0) is 42.9 Å². The van der Waals surface area contributed by atoms with Crippen molar-refractivity contribution in [2.45, 2.75) is 31.7 Å². The third-order valence-corrected chi connectivity index (χ3v) is 5.06. The van der Waals surface area contributed by atoms with Gasteiger partial charge in [-0.1, -0.05) is 0 Å². The van der Waals surface area contributed by atoms with Crippen molar-refractivity contribution in [3.05, 3.63) is 0 Å². The Morgan fingerprint density at radius 2 is 1.79 bits per heavy atom. The molecule has 0 aliphatic heterocycles. The second kappa shape index (κ2) is 4.21. The van der Waals surface area contributed by atoms with E-state index in [9.17, 15) is 14.4 Å². The van der Waals surface area contributed by atoms with Gasteiger partial charge < -0.3 is 16.2 Å². The van der Waals surface area contributed by atoms with E-state index in [0.717, 1.165) is 0 Å². The number of carboxylic acids is 1. The van der Waals surface area contributed by atoms with Gasteiger partial charge >= 0.3 is 5.97 Å². The van der Waals surface area contributed by atoms with Crippen LogP contribution in [-0.4, -0.2) is 28.9 Å². The highest BCUT2D eigenvalue weighted by Crippen LogP contribution is 2.69. The van der Waals surface area contributed by atoms with Crippen molar-refractivity contribution < 1.29 is 19.5 Å². The monoisotopic (exact) mass is 266 g/mol. The zero-order valence-electron chi connectivity index (χ0n) is 10.5. The molecule has 2 bridgehead atoms. The lowest BCUT2D eigenvalue weighted by molar-refractivity contribution is -0.143. The minimum atomic E-state index is -1.21. The summed E-state index contributed by atoms with van der Waals surface area (Å²) in [4.78, 5) is 33.9. The standard InChI is InChI=1S/C13H18N2O4/c14-8(16)4-7(13(18)19)15-12(17)11-9-5-1-2-6(3-5)10(9)11/h5-7,9-11H,1-4H2,(H2,14,16)(H,15,17)(H,18,19). The van der Waals surface area contributed by atoms with Gasteiger partial charge in [0.1, 0.15) is 6.04 Å². The molecule has 0 aromatic rings. The molecule has 4 N–H and O–H groups in total. The van der Waals surface area contributed by atoms with Crippen LogP contribution in [0.3, 0.4) is 0 Å². The lowest BCUT2D eigenvalue weighted by Gasteiger charge is -2.14. The number of nitrogens with two attached hydrogens (primary N) is 1. The summed E-state index contributed by atoms with van der Waals surface area (Å²) in [5, 5.41) is 11.4. The Labute approximate surface area is 110 Å². The van der Waals surface area contributed by atoms with E-state index in [0.29, 0.717) is 23.7 Å². The van der Waals surface area contributed by atoms with Gasteiger partial charge in [-0.15, -0.1) is 0 Å². The third kappa shape index (κ3) is 1.99. The van der Waals surface area contributed by atoms with Crippen LogP contribution in [0.4, 0.5) is 0 Å². The van der Waals surface area contributed by atoms with E-state index in [4.69, 9.17) is 10.8 Å². The molecule has 3 aliphatic rings. The number of carbonyl (C=O) groups is 3. The summed E-state index contributed by atoms with van der Waals surface area (Å²) < 4.78 is 0. The van der Waals surface area contributed by atoms with Gasteiger partial charge in [0.15, 0.2) is 0 Å². The van der Waals surface area contributed by atoms with Gasteiger partial charge in [0.05, 0.1) is 6.42 Å². The second-order valence-electron chi connectivity index (χ2n) is 6.08. The smallest absolute Gasteiger partial charge is 0.326 e. The third-order valence-electron chi connectivity index (χ3n) is 5.06. The Hall–Kier alpha value is -1.59. The van der Waals surface area contributed by atoms with E-state index in [-0.39, 0.29) is 18.2 Å². The highest BCUT2D eigenvalue weighted by atomic mass is 16.4. The van der Waals surface area contributed by atoms with Crippen LogP contribution in [0.2, 0.25) is 0 Å². The maximum absolute atomic E-state index is 12.1. The first-order valence-electron chi connectivity index (χ1n) is 6.80. The van der Waals surface area contributed by atoms with Crippen molar-refractivity contribution in [1.29, 1.82) is 0 Å². The number of hydrogen-bond donors (Lipinski definition) is 3. The summed E-state index contributed by atoms with van der Waals surface area (Å²) in [6.07, 6.45) is 3.30. The highest BCUT2D eigenvalue weighted by molar-refractivity contribution is 5.90. The lowest BCUT2D eigenvalue weighted by Crippen LogP contribution is -2.44. The summed E-state index contributed by atoms with van der Waals surface area (Å²) in [5.41, 5.74) is 4.99. The molecule has 0 aromatic carbocycles. The molecular formula is C13H18N2O4. The quantitative estimate of drug-likeness (QED) is 0.636. The minimum absolute atomic E-state index is 0.0269.